The van der Waals surface area contributed by atoms with Crippen LogP contribution in [-0.4, -0.2) is 24.0 Å². The smallest absolute Gasteiger partial charge is 0.237 e. The van der Waals surface area contributed by atoms with Crippen molar-refractivity contribution in [3.8, 4) is 6.07 Å². The third-order valence-electron chi connectivity index (χ3n) is 3.22. The number of carbonyl (C=O) groups excluding carboxylic acids is 2. The van der Waals surface area contributed by atoms with E-state index in [1.165, 1.54) is 11.8 Å². The molecule has 0 bridgehead atoms. The largest absolute Gasteiger partial charge is 0.311 e. The van der Waals surface area contributed by atoms with Crippen molar-refractivity contribution in [3.05, 3.63) is 23.8 Å². The van der Waals surface area contributed by atoms with E-state index >= 15 is 0 Å². The van der Waals surface area contributed by atoms with Crippen LogP contribution in [0.3, 0.4) is 0 Å². The summed E-state index contributed by atoms with van der Waals surface area (Å²) >= 11 is 1.47. The fourth-order valence-corrected chi connectivity index (χ4v) is 3.11. The van der Waals surface area contributed by atoms with E-state index in [4.69, 9.17) is 5.26 Å². The van der Waals surface area contributed by atoms with Gasteiger partial charge in [0.1, 0.15) is 0 Å². The summed E-state index contributed by atoms with van der Waals surface area (Å²) in [6.07, 6.45) is 1.59. The monoisotopic (exact) mass is 288 g/mol. The van der Waals surface area contributed by atoms with Gasteiger partial charge in [-0.15, -0.1) is 11.8 Å². The van der Waals surface area contributed by atoms with Crippen LogP contribution < -0.4 is 4.90 Å². The summed E-state index contributed by atoms with van der Waals surface area (Å²) in [6.45, 7) is 2.40. The molecule has 0 fully saturated rings. The van der Waals surface area contributed by atoms with Crippen LogP contribution >= 0.6 is 11.8 Å². The number of unbranched alkanes of at least 4 members (excludes halogenated alkanes) is 1. The highest BCUT2D eigenvalue weighted by Crippen LogP contribution is 2.36. The van der Waals surface area contributed by atoms with E-state index in [0.717, 1.165) is 10.6 Å². The van der Waals surface area contributed by atoms with Crippen molar-refractivity contribution < 1.29 is 9.59 Å². The Morgan fingerprint density at radius 1 is 1.50 bits per heavy atom. The summed E-state index contributed by atoms with van der Waals surface area (Å²) in [5, 5.41) is 8.59. The van der Waals surface area contributed by atoms with Gasteiger partial charge in [-0.2, -0.15) is 5.26 Å². The average molecular weight is 288 g/mol. The van der Waals surface area contributed by atoms with E-state index < -0.39 is 0 Å². The molecule has 5 heteroatoms. The second kappa shape index (κ2) is 6.58. The highest BCUT2D eigenvalue weighted by atomic mass is 32.2. The molecule has 0 atom stereocenters. The van der Waals surface area contributed by atoms with Crippen LogP contribution in [0.15, 0.2) is 23.1 Å². The maximum Gasteiger partial charge on any atom is 0.237 e. The van der Waals surface area contributed by atoms with Gasteiger partial charge in [-0.25, -0.2) is 0 Å². The van der Waals surface area contributed by atoms with Gasteiger partial charge in [0.2, 0.25) is 5.91 Å². The molecule has 1 heterocycles. The van der Waals surface area contributed by atoms with E-state index in [2.05, 4.69) is 6.07 Å². The number of benzene rings is 1. The minimum Gasteiger partial charge on any atom is -0.311 e. The summed E-state index contributed by atoms with van der Waals surface area (Å²) in [5.74, 6) is 0.569. The van der Waals surface area contributed by atoms with Crippen LogP contribution in [0.1, 0.15) is 36.5 Å². The Kier molecular flexibility index (Phi) is 4.80. The second-order valence-corrected chi connectivity index (χ2v) is 5.57. The fraction of sp³-hybridized carbons (Fsp3) is 0.400. The van der Waals surface area contributed by atoms with Crippen molar-refractivity contribution in [1.29, 1.82) is 5.26 Å². The number of rotatable bonds is 5. The summed E-state index contributed by atoms with van der Waals surface area (Å²) in [4.78, 5) is 26.4. The lowest BCUT2D eigenvalue weighted by Crippen LogP contribution is -2.36. The zero-order valence-corrected chi connectivity index (χ0v) is 12.2. The number of ketones is 1. The summed E-state index contributed by atoms with van der Waals surface area (Å²) in [5.41, 5.74) is 1.56. The molecule has 1 aromatic carbocycles. The number of amides is 1. The zero-order valence-electron chi connectivity index (χ0n) is 11.4. The van der Waals surface area contributed by atoms with Crippen LogP contribution in [0.2, 0.25) is 0 Å². The molecule has 104 valence electrons. The summed E-state index contributed by atoms with van der Waals surface area (Å²) < 4.78 is 0. The topological polar surface area (TPSA) is 61.2 Å². The molecular weight excluding hydrogens is 272 g/mol. The van der Waals surface area contributed by atoms with Gasteiger partial charge in [-0.1, -0.05) is 6.92 Å². The van der Waals surface area contributed by atoms with Crippen molar-refractivity contribution >= 4 is 29.1 Å². The summed E-state index contributed by atoms with van der Waals surface area (Å²) in [7, 11) is 0. The Labute approximate surface area is 122 Å². The zero-order chi connectivity index (χ0) is 14.5. The molecule has 2 rings (SSSR count). The minimum atomic E-state index is 0.0648. The Morgan fingerprint density at radius 3 is 3.00 bits per heavy atom. The molecule has 1 aliphatic heterocycles. The fourth-order valence-electron chi connectivity index (χ4n) is 2.14. The predicted molar refractivity (Wildman–Crippen MR) is 79.0 cm³/mol. The number of carbonyl (C=O) groups is 2. The van der Waals surface area contributed by atoms with Crippen molar-refractivity contribution in [3.63, 3.8) is 0 Å². The first kappa shape index (κ1) is 14.6. The third kappa shape index (κ3) is 3.02. The number of nitrogens with zero attached hydrogens (tertiary/aromatic N) is 2. The molecule has 0 aromatic heterocycles. The molecule has 0 unspecified atom stereocenters. The van der Waals surface area contributed by atoms with E-state index in [9.17, 15) is 9.59 Å². The van der Waals surface area contributed by atoms with Gasteiger partial charge < -0.3 is 4.90 Å². The molecular formula is C15H16N2O2S. The normalized spacial score (nSPS) is 13.8. The third-order valence-corrected chi connectivity index (χ3v) is 4.25. The van der Waals surface area contributed by atoms with Gasteiger partial charge in [-0.05, 0) is 24.6 Å². The first-order chi connectivity index (χ1) is 9.67. The van der Waals surface area contributed by atoms with Gasteiger partial charge in [-0.3, -0.25) is 9.59 Å². The lowest BCUT2D eigenvalue weighted by molar-refractivity contribution is -0.116. The molecule has 0 saturated heterocycles. The van der Waals surface area contributed by atoms with E-state index in [1.807, 2.05) is 19.1 Å². The van der Waals surface area contributed by atoms with Crippen LogP contribution in [0.4, 0.5) is 5.69 Å². The Bertz CT molecular complexity index is 578. The second-order valence-electron chi connectivity index (χ2n) is 4.55. The molecule has 0 spiro atoms. The van der Waals surface area contributed by atoms with Gasteiger partial charge >= 0.3 is 0 Å². The number of hydrogen-bond acceptors (Lipinski definition) is 4. The number of nitriles is 1. The van der Waals surface area contributed by atoms with E-state index in [0.29, 0.717) is 37.1 Å². The Balaban J connectivity index is 2.25. The van der Waals surface area contributed by atoms with Crippen molar-refractivity contribution in [1.82, 2.24) is 0 Å². The van der Waals surface area contributed by atoms with Crippen LogP contribution in [0, 0.1) is 11.3 Å². The van der Waals surface area contributed by atoms with E-state index in [-0.39, 0.29) is 11.7 Å². The molecule has 0 aliphatic carbocycles. The number of Topliss-reactive ketones (excluding diaryl/α,β-unsaturated/α-hetero) is 1. The number of fused-ring (bicyclic) bond motifs is 1. The van der Waals surface area contributed by atoms with Crippen LogP contribution in [0.5, 0.6) is 0 Å². The van der Waals surface area contributed by atoms with Gasteiger partial charge in [0.05, 0.1) is 17.5 Å². The predicted octanol–water partition coefficient (Wildman–Crippen LogP) is 3.02. The Hall–Kier alpha value is -1.80. The van der Waals surface area contributed by atoms with Crippen molar-refractivity contribution in [2.75, 3.05) is 17.2 Å². The van der Waals surface area contributed by atoms with Gasteiger partial charge in [0, 0.05) is 29.8 Å². The lowest BCUT2D eigenvalue weighted by atomic mass is 10.1. The molecule has 4 nitrogen and oxygen atoms in total. The highest BCUT2D eigenvalue weighted by molar-refractivity contribution is 8.00. The molecule has 0 saturated carbocycles. The maximum absolute atomic E-state index is 12.0. The molecule has 0 N–H and O–H groups in total. The van der Waals surface area contributed by atoms with Crippen LogP contribution in [0.25, 0.3) is 0 Å². The van der Waals surface area contributed by atoms with E-state index in [1.54, 1.807) is 11.0 Å². The number of thioether (sulfide) groups is 1. The van der Waals surface area contributed by atoms with Gasteiger partial charge in [0.15, 0.2) is 5.78 Å². The van der Waals surface area contributed by atoms with Crippen molar-refractivity contribution in [2.24, 2.45) is 0 Å². The first-order valence-electron chi connectivity index (χ1n) is 6.64. The molecule has 1 aromatic rings. The number of anilines is 1. The lowest BCUT2D eigenvalue weighted by Gasteiger charge is -2.29. The Morgan fingerprint density at radius 2 is 2.30 bits per heavy atom. The van der Waals surface area contributed by atoms with Gasteiger partial charge in [0.25, 0.3) is 0 Å². The maximum atomic E-state index is 12.0. The highest BCUT2D eigenvalue weighted by Gasteiger charge is 2.24. The SMILES string of the molecule is CCC(=O)c1ccc2c(c1)SCC(=O)N2CCCC#N. The molecule has 20 heavy (non-hydrogen) atoms. The minimum absolute atomic E-state index is 0.0648. The summed E-state index contributed by atoms with van der Waals surface area (Å²) in [6, 6.07) is 7.58. The molecule has 0 radical (unpaired) electrons. The first-order valence-corrected chi connectivity index (χ1v) is 7.63. The molecule has 1 aliphatic rings. The average Bonchev–Trinajstić information content (AvgIpc) is 2.48. The van der Waals surface area contributed by atoms with Crippen LogP contribution in [-0.2, 0) is 4.79 Å². The molecule has 1 amide bonds. The van der Waals surface area contributed by atoms with Crippen molar-refractivity contribution in [2.45, 2.75) is 31.1 Å². The number of hydrogen-bond donors (Lipinski definition) is 0. The quantitative estimate of drug-likeness (QED) is 0.617. The standard InChI is InChI=1S/C15H16N2O2S/c1-2-13(18)11-5-6-12-14(9-11)20-10-15(19)17(12)8-4-3-7-16/h5-6,9H,2-4,8,10H2,1H3.